The first kappa shape index (κ1) is 11.3. The number of rotatable bonds is 0. The Hall–Kier alpha value is -0.585. The van der Waals surface area contributed by atoms with E-state index < -0.39 is 0 Å². The van der Waals surface area contributed by atoms with Crippen LogP contribution in [0.25, 0.3) is 29.6 Å². The van der Waals surface area contributed by atoms with Crippen LogP contribution >= 0.6 is 45.3 Å². The van der Waals surface area contributed by atoms with Crippen molar-refractivity contribution in [3.05, 3.63) is 40.0 Å². The summed E-state index contributed by atoms with van der Waals surface area (Å²) in [4.78, 5) is 0. The molecule has 0 N–H and O–H groups in total. The standard InChI is InChI=1S/C14H6BIS2/c15-7-1-3-9-11(5-7)17-14-10-4-2-8(16)6-12(10)18-13(9)14/h1-6H. The van der Waals surface area contributed by atoms with Gasteiger partial charge in [0.2, 0.25) is 0 Å². The Bertz CT molecular complexity index is 828. The van der Waals surface area contributed by atoms with E-state index in [-0.39, 0.29) is 0 Å². The van der Waals surface area contributed by atoms with Gasteiger partial charge in [0.1, 0.15) is 7.85 Å². The van der Waals surface area contributed by atoms with Gasteiger partial charge in [-0.2, -0.15) is 0 Å². The molecule has 0 saturated heterocycles. The number of hydrogen-bond acceptors (Lipinski definition) is 2. The number of thiophene rings is 2. The van der Waals surface area contributed by atoms with E-state index in [0.717, 1.165) is 5.46 Å². The van der Waals surface area contributed by atoms with E-state index in [1.54, 1.807) is 0 Å². The fourth-order valence-electron chi connectivity index (χ4n) is 2.25. The van der Waals surface area contributed by atoms with Crippen LogP contribution in [-0.2, 0) is 0 Å². The van der Waals surface area contributed by atoms with Crippen LogP contribution in [-0.4, -0.2) is 7.85 Å². The molecule has 0 aliphatic rings. The summed E-state index contributed by atoms with van der Waals surface area (Å²) < 4.78 is 6.75. The quantitative estimate of drug-likeness (QED) is 0.309. The van der Waals surface area contributed by atoms with Crippen molar-refractivity contribution in [3.63, 3.8) is 0 Å². The van der Waals surface area contributed by atoms with Gasteiger partial charge >= 0.3 is 0 Å². The van der Waals surface area contributed by atoms with Crippen LogP contribution in [0.2, 0.25) is 0 Å². The molecule has 2 aromatic carbocycles. The summed E-state index contributed by atoms with van der Waals surface area (Å²) in [6, 6.07) is 12.9. The van der Waals surface area contributed by atoms with Crippen LogP contribution < -0.4 is 5.46 Å². The molecular weight excluding hydrogens is 370 g/mol. The Balaban J connectivity index is 2.23. The van der Waals surface area contributed by atoms with Crippen LogP contribution in [0.4, 0.5) is 0 Å². The topological polar surface area (TPSA) is 0 Å². The van der Waals surface area contributed by atoms with Gasteiger partial charge in [-0.1, -0.05) is 29.7 Å². The number of hydrogen-bond donors (Lipinski definition) is 0. The van der Waals surface area contributed by atoms with Gasteiger partial charge < -0.3 is 0 Å². The molecule has 0 spiro atoms. The Morgan fingerprint density at radius 3 is 2.17 bits per heavy atom. The zero-order valence-corrected chi connectivity index (χ0v) is 13.0. The maximum atomic E-state index is 5.86. The minimum Gasteiger partial charge on any atom is -0.134 e. The van der Waals surface area contributed by atoms with Crippen LogP contribution in [0.1, 0.15) is 0 Å². The Morgan fingerprint density at radius 2 is 1.44 bits per heavy atom. The molecule has 84 valence electrons. The SMILES string of the molecule is [B]c1ccc2c(c1)sc1c3ccc(I)cc3sc21. The second kappa shape index (κ2) is 3.95. The molecule has 4 heteroatoms. The van der Waals surface area contributed by atoms with E-state index in [1.165, 1.54) is 33.1 Å². The highest BCUT2D eigenvalue weighted by atomic mass is 127. The van der Waals surface area contributed by atoms with Crippen molar-refractivity contribution in [1.29, 1.82) is 0 Å². The fourth-order valence-corrected chi connectivity index (χ4v) is 5.69. The minimum atomic E-state index is 0.843. The van der Waals surface area contributed by atoms with Gasteiger partial charge in [-0.05, 0) is 34.7 Å². The second-order valence-electron chi connectivity index (χ2n) is 4.26. The average molecular weight is 376 g/mol. The molecule has 0 fully saturated rings. The van der Waals surface area contributed by atoms with E-state index in [9.17, 15) is 0 Å². The molecule has 0 nitrogen and oxygen atoms in total. The zero-order valence-electron chi connectivity index (χ0n) is 9.24. The molecule has 0 amide bonds. The number of benzene rings is 2. The highest BCUT2D eigenvalue weighted by Gasteiger charge is 2.11. The van der Waals surface area contributed by atoms with Crippen molar-refractivity contribution in [2.75, 3.05) is 0 Å². The minimum absolute atomic E-state index is 0.843. The summed E-state index contributed by atoms with van der Waals surface area (Å²) in [6.45, 7) is 0. The van der Waals surface area contributed by atoms with Crippen molar-refractivity contribution in [2.24, 2.45) is 0 Å². The van der Waals surface area contributed by atoms with Crippen molar-refractivity contribution in [1.82, 2.24) is 0 Å². The third-order valence-electron chi connectivity index (χ3n) is 3.07. The predicted octanol–water partition coefficient (Wildman–Crippen LogP) is 4.67. The number of halogens is 1. The second-order valence-corrected chi connectivity index (χ2v) is 7.61. The monoisotopic (exact) mass is 376 g/mol. The first-order chi connectivity index (χ1) is 8.72. The molecule has 2 heterocycles. The molecule has 0 saturated carbocycles. The lowest BCUT2D eigenvalue weighted by molar-refractivity contribution is 1.77. The van der Waals surface area contributed by atoms with Gasteiger partial charge in [-0.3, -0.25) is 0 Å². The summed E-state index contributed by atoms with van der Waals surface area (Å²) in [7, 11) is 5.86. The van der Waals surface area contributed by atoms with Gasteiger partial charge in [0.15, 0.2) is 0 Å². The largest absolute Gasteiger partial charge is 0.134 e. The van der Waals surface area contributed by atoms with E-state index in [2.05, 4.69) is 52.9 Å². The van der Waals surface area contributed by atoms with Crippen LogP contribution in [0, 0.1) is 3.57 Å². The normalized spacial score (nSPS) is 11.8. The molecule has 4 aromatic rings. The fraction of sp³-hybridized carbons (Fsp3) is 0. The van der Waals surface area contributed by atoms with Crippen molar-refractivity contribution in [3.8, 4) is 0 Å². The van der Waals surface area contributed by atoms with Crippen molar-refractivity contribution >= 4 is 88.1 Å². The van der Waals surface area contributed by atoms with E-state index in [4.69, 9.17) is 7.85 Å². The van der Waals surface area contributed by atoms with Gasteiger partial charge in [-0.25, -0.2) is 0 Å². The average Bonchev–Trinajstić information content (AvgIpc) is 2.83. The number of fused-ring (bicyclic) bond motifs is 5. The predicted molar refractivity (Wildman–Crippen MR) is 92.8 cm³/mol. The molecule has 2 radical (unpaired) electrons. The lowest BCUT2D eigenvalue weighted by Gasteiger charge is -1.93. The van der Waals surface area contributed by atoms with Gasteiger partial charge in [0.25, 0.3) is 0 Å². The molecule has 0 unspecified atom stereocenters. The summed E-state index contributed by atoms with van der Waals surface area (Å²) in [5.74, 6) is 0. The molecule has 0 atom stereocenters. The highest BCUT2D eigenvalue weighted by molar-refractivity contribution is 14.1. The summed E-state index contributed by atoms with van der Waals surface area (Å²) >= 11 is 6.10. The molecule has 0 bridgehead atoms. The zero-order chi connectivity index (χ0) is 12.3. The first-order valence-corrected chi connectivity index (χ1v) is 8.23. The third-order valence-corrected chi connectivity index (χ3v) is 6.24. The van der Waals surface area contributed by atoms with Crippen LogP contribution in [0.15, 0.2) is 36.4 Å². The highest BCUT2D eigenvalue weighted by Crippen LogP contribution is 2.43. The molecule has 4 rings (SSSR count). The Kier molecular flexibility index (Phi) is 2.47. The summed E-state index contributed by atoms with van der Waals surface area (Å²) in [5, 5.41) is 2.70. The summed E-state index contributed by atoms with van der Waals surface area (Å²) in [5.41, 5.74) is 0.843. The summed E-state index contributed by atoms with van der Waals surface area (Å²) in [6.07, 6.45) is 0. The molecule has 18 heavy (non-hydrogen) atoms. The molecule has 0 aliphatic heterocycles. The van der Waals surface area contributed by atoms with E-state index in [0.29, 0.717) is 0 Å². The van der Waals surface area contributed by atoms with Gasteiger partial charge in [-0.15, -0.1) is 22.7 Å². The smallest absolute Gasteiger partial charge is 0.113 e. The Labute approximate surface area is 127 Å². The first-order valence-electron chi connectivity index (χ1n) is 5.52. The van der Waals surface area contributed by atoms with Crippen molar-refractivity contribution < 1.29 is 0 Å². The van der Waals surface area contributed by atoms with Gasteiger partial charge in [0.05, 0.1) is 9.40 Å². The van der Waals surface area contributed by atoms with Crippen LogP contribution in [0.3, 0.4) is 0 Å². The maximum Gasteiger partial charge on any atom is 0.113 e. The van der Waals surface area contributed by atoms with E-state index in [1.807, 2.05) is 28.7 Å². The molecule has 0 aliphatic carbocycles. The maximum absolute atomic E-state index is 5.86. The van der Waals surface area contributed by atoms with Crippen molar-refractivity contribution in [2.45, 2.75) is 0 Å². The van der Waals surface area contributed by atoms with Gasteiger partial charge in [0, 0.05) is 23.7 Å². The lowest BCUT2D eigenvalue weighted by Crippen LogP contribution is -1.98. The Morgan fingerprint density at radius 1 is 0.833 bits per heavy atom. The van der Waals surface area contributed by atoms with Crippen LogP contribution in [0.5, 0.6) is 0 Å². The third kappa shape index (κ3) is 1.55. The molecular formula is C14H6BIS2. The molecule has 2 aromatic heterocycles. The van der Waals surface area contributed by atoms with E-state index >= 15 is 0 Å². The lowest BCUT2D eigenvalue weighted by atomic mass is 9.96.